The number of hydrogen-bond acceptors (Lipinski definition) is 2. The van der Waals surface area contributed by atoms with Crippen LogP contribution in [0.4, 0.5) is 5.69 Å². The van der Waals surface area contributed by atoms with Crippen LogP contribution >= 0.6 is 11.3 Å². The Morgan fingerprint density at radius 1 is 0.762 bits per heavy atom. The molecule has 3 aromatic carbocycles. The second kappa shape index (κ2) is 4.90. The fraction of sp³-hybridized carbons (Fsp3) is 0.0526. The predicted octanol–water partition coefficient (Wildman–Crippen LogP) is 5.23. The summed E-state index contributed by atoms with van der Waals surface area (Å²) in [5.41, 5.74) is 9.70. The fourth-order valence-electron chi connectivity index (χ4n) is 2.84. The second-order valence-corrected chi connectivity index (χ2v) is 6.32. The third-order valence-electron chi connectivity index (χ3n) is 3.91. The lowest BCUT2D eigenvalue weighted by molar-refractivity contribution is 1.22. The maximum atomic E-state index is 6.26. The maximum Gasteiger partial charge on any atom is 0.0411 e. The minimum absolute atomic E-state index is 0.886. The topological polar surface area (TPSA) is 26.0 Å². The summed E-state index contributed by atoms with van der Waals surface area (Å²) in [4.78, 5) is 0. The minimum atomic E-state index is 0.886. The Morgan fingerprint density at radius 3 is 2.38 bits per heavy atom. The van der Waals surface area contributed by atoms with Crippen molar-refractivity contribution in [3.63, 3.8) is 0 Å². The van der Waals surface area contributed by atoms with Crippen molar-refractivity contribution in [1.82, 2.24) is 0 Å². The Balaban J connectivity index is 1.97. The van der Waals surface area contributed by atoms with Crippen LogP contribution in [0, 0.1) is 0 Å². The highest BCUT2D eigenvalue weighted by Gasteiger charge is 2.11. The molecule has 102 valence electrons. The van der Waals surface area contributed by atoms with Crippen LogP contribution in [-0.4, -0.2) is 0 Å². The molecule has 4 rings (SSSR count). The Labute approximate surface area is 127 Å². The molecule has 2 N–H and O–H groups in total. The van der Waals surface area contributed by atoms with E-state index >= 15 is 0 Å². The van der Waals surface area contributed by atoms with E-state index in [0.29, 0.717) is 0 Å². The number of nitrogens with two attached hydrogens (primary N) is 1. The maximum absolute atomic E-state index is 6.26. The molecule has 2 heteroatoms. The second-order valence-electron chi connectivity index (χ2n) is 5.27. The van der Waals surface area contributed by atoms with E-state index in [1.807, 2.05) is 23.5 Å². The summed E-state index contributed by atoms with van der Waals surface area (Å²) in [6.07, 6.45) is 0.886. The molecule has 0 aliphatic heterocycles. The highest BCUT2D eigenvalue weighted by molar-refractivity contribution is 7.26. The van der Waals surface area contributed by atoms with Gasteiger partial charge in [0.15, 0.2) is 0 Å². The molecule has 0 saturated heterocycles. The Morgan fingerprint density at radius 2 is 1.52 bits per heavy atom. The van der Waals surface area contributed by atoms with Gasteiger partial charge in [0.05, 0.1) is 0 Å². The first-order chi connectivity index (χ1) is 10.3. The van der Waals surface area contributed by atoms with Gasteiger partial charge < -0.3 is 5.73 Å². The lowest BCUT2D eigenvalue weighted by Gasteiger charge is -2.07. The Kier molecular flexibility index (Phi) is 2.90. The molecule has 0 bridgehead atoms. The third-order valence-corrected chi connectivity index (χ3v) is 5.16. The first-order valence-corrected chi connectivity index (χ1v) is 7.87. The van der Waals surface area contributed by atoms with Crippen molar-refractivity contribution < 1.29 is 0 Å². The molecule has 1 heterocycles. The number of nitrogen functional groups attached to an aromatic ring is 1. The van der Waals surface area contributed by atoms with E-state index in [0.717, 1.165) is 12.1 Å². The first kappa shape index (κ1) is 12.4. The normalized spacial score (nSPS) is 11.2. The van der Waals surface area contributed by atoms with E-state index < -0.39 is 0 Å². The van der Waals surface area contributed by atoms with Crippen LogP contribution in [0.3, 0.4) is 0 Å². The number of fused-ring (bicyclic) bond motifs is 3. The summed E-state index contributed by atoms with van der Waals surface area (Å²) >= 11 is 1.84. The molecule has 0 aliphatic rings. The van der Waals surface area contributed by atoms with Gasteiger partial charge in [0.1, 0.15) is 0 Å². The van der Waals surface area contributed by atoms with Gasteiger partial charge in [-0.2, -0.15) is 0 Å². The third kappa shape index (κ3) is 2.08. The van der Waals surface area contributed by atoms with Gasteiger partial charge in [0, 0.05) is 32.3 Å². The number of thiophene rings is 1. The van der Waals surface area contributed by atoms with Crippen LogP contribution in [0.1, 0.15) is 11.1 Å². The highest BCUT2D eigenvalue weighted by atomic mass is 32.1. The van der Waals surface area contributed by atoms with Gasteiger partial charge >= 0.3 is 0 Å². The van der Waals surface area contributed by atoms with Crippen LogP contribution in [0.5, 0.6) is 0 Å². The average Bonchev–Trinajstić information content (AvgIpc) is 2.90. The zero-order chi connectivity index (χ0) is 14.2. The van der Waals surface area contributed by atoms with E-state index in [-0.39, 0.29) is 0 Å². The smallest absolute Gasteiger partial charge is 0.0411 e. The zero-order valence-corrected chi connectivity index (χ0v) is 12.4. The number of hydrogen-bond donors (Lipinski definition) is 1. The summed E-state index contributed by atoms with van der Waals surface area (Å²) < 4.78 is 2.65. The SMILES string of the molecule is Nc1ccc2c(sc3ccccc32)c1Cc1ccccc1. The monoisotopic (exact) mass is 289 g/mol. The first-order valence-electron chi connectivity index (χ1n) is 7.05. The molecule has 0 radical (unpaired) electrons. The molecule has 1 nitrogen and oxygen atoms in total. The summed E-state index contributed by atoms with van der Waals surface area (Å²) in [5, 5.41) is 2.64. The van der Waals surface area contributed by atoms with Gasteiger partial charge in [0.25, 0.3) is 0 Å². The molecule has 0 spiro atoms. The minimum Gasteiger partial charge on any atom is -0.398 e. The van der Waals surface area contributed by atoms with Gasteiger partial charge in [-0.25, -0.2) is 0 Å². The van der Waals surface area contributed by atoms with Crippen molar-refractivity contribution in [1.29, 1.82) is 0 Å². The average molecular weight is 289 g/mol. The molecule has 0 unspecified atom stereocenters. The zero-order valence-electron chi connectivity index (χ0n) is 11.5. The Bertz CT molecular complexity index is 922. The van der Waals surface area contributed by atoms with Crippen LogP contribution in [0.25, 0.3) is 20.2 Å². The summed E-state index contributed by atoms with van der Waals surface area (Å²) in [6, 6.07) is 23.3. The summed E-state index contributed by atoms with van der Waals surface area (Å²) in [7, 11) is 0. The van der Waals surface area contributed by atoms with Crippen molar-refractivity contribution in [2.45, 2.75) is 6.42 Å². The van der Waals surface area contributed by atoms with Crippen LogP contribution in [0.2, 0.25) is 0 Å². The van der Waals surface area contributed by atoms with Crippen molar-refractivity contribution in [2.75, 3.05) is 5.73 Å². The summed E-state index contributed by atoms with van der Waals surface area (Å²) in [5.74, 6) is 0. The highest BCUT2D eigenvalue weighted by Crippen LogP contribution is 2.38. The molecule has 4 aromatic rings. The fourth-order valence-corrected chi connectivity index (χ4v) is 4.10. The van der Waals surface area contributed by atoms with E-state index in [4.69, 9.17) is 5.73 Å². The van der Waals surface area contributed by atoms with Gasteiger partial charge in [-0.15, -0.1) is 11.3 Å². The van der Waals surface area contributed by atoms with Crippen LogP contribution in [0.15, 0.2) is 66.7 Å². The van der Waals surface area contributed by atoms with E-state index in [1.54, 1.807) is 0 Å². The molecule has 1 aromatic heterocycles. The van der Waals surface area contributed by atoms with Crippen molar-refractivity contribution in [3.8, 4) is 0 Å². The standard InChI is InChI=1S/C19H15NS/c20-17-11-10-15-14-8-4-5-9-18(14)21-19(15)16(17)12-13-6-2-1-3-7-13/h1-11H,12,20H2. The van der Waals surface area contributed by atoms with Crippen molar-refractivity contribution >= 4 is 37.2 Å². The molecule has 0 amide bonds. The van der Waals surface area contributed by atoms with Crippen molar-refractivity contribution in [3.05, 3.63) is 77.9 Å². The molecular weight excluding hydrogens is 274 g/mol. The molecule has 0 saturated carbocycles. The van der Waals surface area contributed by atoms with E-state index in [1.165, 1.54) is 31.3 Å². The van der Waals surface area contributed by atoms with Crippen LogP contribution < -0.4 is 5.73 Å². The molecule has 0 fully saturated rings. The Hall–Kier alpha value is -2.32. The van der Waals surface area contributed by atoms with Gasteiger partial charge in [-0.1, -0.05) is 54.6 Å². The predicted molar refractivity (Wildman–Crippen MR) is 93.0 cm³/mol. The lowest BCUT2D eigenvalue weighted by atomic mass is 10.0. The van der Waals surface area contributed by atoms with Gasteiger partial charge in [0.2, 0.25) is 0 Å². The number of benzene rings is 3. The number of rotatable bonds is 2. The van der Waals surface area contributed by atoms with E-state index in [9.17, 15) is 0 Å². The van der Waals surface area contributed by atoms with Crippen LogP contribution in [-0.2, 0) is 6.42 Å². The molecular formula is C19H15NS. The van der Waals surface area contributed by atoms with E-state index in [2.05, 4.69) is 54.6 Å². The molecule has 0 aliphatic carbocycles. The molecule has 21 heavy (non-hydrogen) atoms. The quantitative estimate of drug-likeness (QED) is 0.502. The van der Waals surface area contributed by atoms with Gasteiger partial charge in [-0.05, 0) is 23.3 Å². The molecule has 0 atom stereocenters. The van der Waals surface area contributed by atoms with Gasteiger partial charge in [-0.3, -0.25) is 0 Å². The lowest BCUT2D eigenvalue weighted by Crippen LogP contribution is -1.95. The number of anilines is 1. The summed E-state index contributed by atoms with van der Waals surface area (Å²) in [6.45, 7) is 0. The largest absolute Gasteiger partial charge is 0.398 e. The van der Waals surface area contributed by atoms with Crippen molar-refractivity contribution in [2.24, 2.45) is 0 Å².